The van der Waals surface area contributed by atoms with Gasteiger partial charge in [0.15, 0.2) is 11.5 Å². The lowest BCUT2D eigenvalue weighted by atomic mass is 10.1. The van der Waals surface area contributed by atoms with Crippen LogP contribution >= 0.6 is 0 Å². The van der Waals surface area contributed by atoms with Crippen LogP contribution in [0.1, 0.15) is 58.9 Å². The Labute approximate surface area is 157 Å². The lowest BCUT2D eigenvalue weighted by Crippen LogP contribution is -2.37. The van der Waals surface area contributed by atoms with Gasteiger partial charge in [-0.1, -0.05) is 12.1 Å². The van der Waals surface area contributed by atoms with Crippen LogP contribution < -0.4 is 5.32 Å². The van der Waals surface area contributed by atoms with Gasteiger partial charge in [-0.2, -0.15) is 0 Å². The van der Waals surface area contributed by atoms with Gasteiger partial charge in [0.05, 0.1) is 11.4 Å². The van der Waals surface area contributed by atoms with E-state index >= 15 is 0 Å². The number of likely N-dealkylation sites (tertiary alicyclic amines) is 1. The number of rotatable bonds is 3. The summed E-state index contributed by atoms with van der Waals surface area (Å²) in [5.41, 5.74) is 1.12. The Morgan fingerprint density at radius 2 is 1.74 bits per heavy atom. The zero-order valence-electron chi connectivity index (χ0n) is 15.2. The average molecular weight is 370 g/mol. The van der Waals surface area contributed by atoms with Gasteiger partial charge in [0.2, 0.25) is 0 Å². The monoisotopic (exact) mass is 370 g/mol. The van der Waals surface area contributed by atoms with Crippen LogP contribution in [-0.4, -0.2) is 39.4 Å². The second-order valence-electron chi connectivity index (χ2n) is 7.13. The third kappa shape index (κ3) is 3.46. The Balaban J connectivity index is 1.65. The van der Waals surface area contributed by atoms with Crippen molar-refractivity contribution in [1.82, 2.24) is 14.5 Å². The molecule has 0 spiro atoms. The Kier molecular flexibility index (Phi) is 4.92. The molecule has 7 heteroatoms. The van der Waals surface area contributed by atoms with E-state index in [1.54, 1.807) is 12.1 Å². The van der Waals surface area contributed by atoms with Gasteiger partial charge in [-0.25, -0.2) is 9.37 Å². The third-order valence-corrected chi connectivity index (χ3v) is 5.29. The van der Waals surface area contributed by atoms with Crippen LogP contribution in [0.4, 0.5) is 10.1 Å². The van der Waals surface area contributed by atoms with Crippen molar-refractivity contribution in [2.45, 2.75) is 45.1 Å². The van der Waals surface area contributed by atoms with Gasteiger partial charge in [-0.15, -0.1) is 0 Å². The quantitative estimate of drug-likeness (QED) is 0.902. The van der Waals surface area contributed by atoms with E-state index in [0.29, 0.717) is 18.8 Å². The third-order valence-electron chi connectivity index (χ3n) is 5.29. The molecule has 4 rings (SSSR count). The minimum absolute atomic E-state index is 0.109. The molecule has 2 aromatic rings. The number of imidazole rings is 1. The summed E-state index contributed by atoms with van der Waals surface area (Å²) in [7, 11) is 0. The second-order valence-corrected chi connectivity index (χ2v) is 7.13. The zero-order valence-corrected chi connectivity index (χ0v) is 15.2. The maximum atomic E-state index is 13.9. The number of piperidine rings is 1. The molecular formula is C20H23FN4O2. The van der Waals surface area contributed by atoms with E-state index < -0.39 is 11.7 Å². The highest BCUT2D eigenvalue weighted by Crippen LogP contribution is 2.24. The molecule has 1 aromatic carbocycles. The number of nitrogens with zero attached hydrogens (tertiary/aromatic N) is 3. The fraction of sp³-hybridized carbons (Fsp3) is 0.450. The van der Waals surface area contributed by atoms with Gasteiger partial charge in [0.25, 0.3) is 11.8 Å². The standard InChI is InChI=1S/C20H23FN4O2/c21-14-8-2-3-9-15(14)22-19(26)17-16-10-4-7-13-25(16)18(23-17)20(27)24-11-5-1-6-12-24/h2-3,8-9H,1,4-7,10-13H2,(H,22,26). The minimum atomic E-state index is -0.497. The SMILES string of the molecule is O=C(Nc1ccccc1F)c1nc(C(=O)N2CCCCC2)n2c1CCCC2. The molecule has 1 aromatic heterocycles. The molecule has 3 heterocycles. The highest BCUT2D eigenvalue weighted by Gasteiger charge is 2.30. The van der Waals surface area contributed by atoms with Crippen molar-refractivity contribution in [3.8, 4) is 0 Å². The first-order valence-corrected chi connectivity index (χ1v) is 9.59. The number of carbonyl (C=O) groups excluding carboxylic acids is 2. The Hall–Kier alpha value is -2.70. The molecule has 0 saturated carbocycles. The highest BCUT2D eigenvalue weighted by atomic mass is 19.1. The van der Waals surface area contributed by atoms with Gasteiger partial charge < -0.3 is 14.8 Å². The predicted octanol–water partition coefficient (Wildman–Crippen LogP) is 3.24. The zero-order chi connectivity index (χ0) is 18.8. The van der Waals surface area contributed by atoms with Crippen LogP contribution in [0.5, 0.6) is 0 Å². The smallest absolute Gasteiger partial charge is 0.289 e. The molecule has 0 unspecified atom stereocenters. The molecule has 6 nitrogen and oxygen atoms in total. The van der Waals surface area contributed by atoms with Crippen molar-refractivity contribution in [3.63, 3.8) is 0 Å². The normalized spacial score (nSPS) is 16.7. The number of para-hydroxylation sites is 1. The Morgan fingerprint density at radius 1 is 1.00 bits per heavy atom. The van der Waals surface area contributed by atoms with E-state index in [-0.39, 0.29) is 17.3 Å². The van der Waals surface area contributed by atoms with Crippen molar-refractivity contribution in [2.24, 2.45) is 0 Å². The number of hydrogen-bond acceptors (Lipinski definition) is 3. The fourth-order valence-corrected chi connectivity index (χ4v) is 3.87. The first-order valence-electron chi connectivity index (χ1n) is 9.59. The lowest BCUT2D eigenvalue weighted by Gasteiger charge is -2.27. The first kappa shape index (κ1) is 17.7. The molecule has 27 heavy (non-hydrogen) atoms. The van der Waals surface area contributed by atoms with Crippen molar-refractivity contribution in [1.29, 1.82) is 0 Å². The van der Waals surface area contributed by atoms with Gasteiger partial charge in [-0.3, -0.25) is 9.59 Å². The summed E-state index contributed by atoms with van der Waals surface area (Å²) in [5.74, 6) is -0.736. The van der Waals surface area contributed by atoms with Crippen LogP contribution in [0.25, 0.3) is 0 Å². The topological polar surface area (TPSA) is 67.2 Å². The fourth-order valence-electron chi connectivity index (χ4n) is 3.87. The summed E-state index contributed by atoms with van der Waals surface area (Å²) in [6.45, 7) is 2.15. The van der Waals surface area contributed by atoms with Crippen molar-refractivity contribution < 1.29 is 14.0 Å². The number of halogens is 1. The Bertz CT molecular complexity index is 871. The van der Waals surface area contributed by atoms with E-state index in [1.165, 1.54) is 12.1 Å². The lowest BCUT2D eigenvalue weighted by molar-refractivity contribution is 0.0705. The van der Waals surface area contributed by atoms with Crippen molar-refractivity contribution in [2.75, 3.05) is 18.4 Å². The van der Waals surface area contributed by atoms with E-state index in [2.05, 4.69) is 10.3 Å². The number of hydrogen-bond donors (Lipinski definition) is 1. The summed E-state index contributed by atoms with van der Waals surface area (Å²) in [6, 6.07) is 6.03. The number of aromatic nitrogens is 2. The number of nitrogens with one attached hydrogen (secondary N) is 1. The van der Waals surface area contributed by atoms with Gasteiger partial charge in [-0.05, 0) is 50.7 Å². The number of benzene rings is 1. The van der Waals surface area contributed by atoms with Crippen LogP contribution in [0.2, 0.25) is 0 Å². The summed E-state index contributed by atoms with van der Waals surface area (Å²) < 4.78 is 15.8. The highest BCUT2D eigenvalue weighted by molar-refractivity contribution is 6.05. The van der Waals surface area contributed by atoms with E-state index in [1.807, 2.05) is 9.47 Å². The molecule has 142 valence electrons. The van der Waals surface area contributed by atoms with Crippen molar-refractivity contribution in [3.05, 3.63) is 47.3 Å². The summed E-state index contributed by atoms with van der Waals surface area (Å²) in [4.78, 5) is 32.0. The van der Waals surface area contributed by atoms with E-state index in [4.69, 9.17) is 0 Å². The van der Waals surface area contributed by atoms with Crippen LogP contribution in [0, 0.1) is 5.82 Å². The second kappa shape index (κ2) is 7.50. The maximum absolute atomic E-state index is 13.9. The molecule has 2 aliphatic rings. The van der Waals surface area contributed by atoms with Crippen LogP contribution in [0.3, 0.4) is 0 Å². The van der Waals surface area contributed by atoms with Crippen molar-refractivity contribution >= 4 is 17.5 Å². The summed E-state index contributed by atoms with van der Waals surface area (Å²) >= 11 is 0. The molecule has 1 N–H and O–H groups in total. The molecule has 0 radical (unpaired) electrons. The van der Waals surface area contributed by atoms with Gasteiger partial charge >= 0.3 is 0 Å². The molecule has 1 fully saturated rings. The minimum Gasteiger partial charge on any atom is -0.336 e. The number of carbonyl (C=O) groups is 2. The van der Waals surface area contributed by atoms with Gasteiger partial charge in [0, 0.05) is 19.6 Å². The molecular weight excluding hydrogens is 347 g/mol. The molecule has 0 aliphatic carbocycles. The van der Waals surface area contributed by atoms with Crippen LogP contribution in [-0.2, 0) is 13.0 Å². The summed E-state index contributed by atoms with van der Waals surface area (Å²) in [5, 5.41) is 2.59. The number of amides is 2. The first-order chi connectivity index (χ1) is 13.1. The molecule has 0 atom stereocenters. The molecule has 2 amide bonds. The molecule has 1 saturated heterocycles. The van der Waals surface area contributed by atoms with Gasteiger partial charge in [0.1, 0.15) is 5.82 Å². The summed E-state index contributed by atoms with van der Waals surface area (Å²) in [6.07, 6.45) is 5.74. The van der Waals surface area contributed by atoms with E-state index in [9.17, 15) is 14.0 Å². The average Bonchev–Trinajstić information content (AvgIpc) is 3.10. The predicted molar refractivity (Wildman–Crippen MR) is 99.3 cm³/mol. The Morgan fingerprint density at radius 3 is 2.52 bits per heavy atom. The largest absolute Gasteiger partial charge is 0.336 e. The van der Waals surface area contributed by atoms with E-state index in [0.717, 1.165) is 50.9 Å². The molecule has 0 bridgehead atoms. The van der Waals surface area contributed by atoms with Crippen LogP contribution in [0.15, 0.2) is 24.3 Å². The number of fused-ring (bicyclic) bond motifs is 1. The maximum Gasteiger partial charge on any atom is 0.289 e. The number of anilines is 1. The molecule has 2 aliphatic heterocycles.